The van der Waals surface area contributed by atoms with Crippen LogP contribution in [0.2, 0.25) is 0 Å². The molecule has 1 aliphatic heterocycles. The van der Waals surface area contributed by atoms with Gasteiger partial charge in [0.25, 0.3) is 5.91 Å². The molecule has 1 heterocycles. The standard InChI is InChI=1S/C20H21FN2O2/c1-20(2,3)19(25)23-11-10-13-6-9-16(12-17(13)23)22-18(24)14-4-7-15(21)8-5-14/h4-9,12H,10-11H2,1-3H3,(H,22,24). The summed E-state index contributed by atoms with van der Waals surface area (Å²) < 4.78 is 13.0. The molecule has 1 N–H and O–H groups in total. The second-order valence-corrected chi connectivity index (χ2v) is 7.26. The van der Waals surface area contributed by atoms with Crippen molar-refractivity contribution in [3.63, 3.8) is 0 Å². The first-order valence-corrected chi connectivity index (χ1v) is 8.27. The van der Waals surface area contributed by atoms with Crippen LogP contribution in [0.5, 0.6) is 0 Å². The molecule has 0 atom stereocenters. The van der Waals surface area contributed by atoms with Crippen LogP contribution >= 0.6 is 0 Å². The number of amides is 2. The van der Waals surface area contributed by atoms with E-state index in [0.29, 0.717) is 17.8 Å². The maximum Gasteiger partial charge on any atom is 0.255 e. The van der Waals surface area contributed by atoms with Gasteiger partial charge in [0.15, 0.2) is 0 Å². The normalized spacial score (nSPS) is 13.5. The van der Waals surface area contributed by atoms with Crippen molar-refractivity contribution in [2.75, 3.05) is 16.8 Å². The van der Waals surface area contributed by atoms with Crippen LogP contribution in [0.4, 0.5) is 15.8 Å². The van der Waals surface area contributed by atoms with Crippen molar-refractivity contribution in [3.8, 4) is 0 Å². The quantitative estimate of drug-likeness (QED) is 0.898. The molecular formula is C20H21FN2O2. The van der Waals surface area contributed by atoms with E-state index < -0.39 is 5.41 Å². The number of rotatable bonds is 2. The van der Waals surface area contributed by atoms with Crippen molar-refractivity contribution in [2.24, 2.45) is 5.41 Å². The third kappa shape index (κ3) is 3.55. The Morgan fingerprint density at radius 2 is 1.76 bits per heavy atom. The van der Waals surface area contributed by atoms with E-state index in [1.165, 1.54) is 24.3 Å². The summed E-state index contributed by atoms with van der Waals surface area (Å²) in [4.78, 5) is 26.7. The van der Waals surface area contributed by atoms with Crippen LogP contribution in [0.15, 0.2) is 42.5 Å². The smallest absolute Gasteiger partial charge is 0.255 e. The van der Waals surface area contributed by atoms with Gasteiger partial charge in [-0.2, -0.15) is 0 Å². The summed E-state index contributed by atoms with van der Waals surface area (Å²) >= 11 is 0. The van der Waals surface area contributed by atoms with Crippen LogP contribution in [0.1, 0.15) is 36.7 Å². The van der Waals surface area contributed by atoms with Crippen molar-refractivity contribution < 1.29 is 14.0 Å². The van der Waals surface area contributed by atoms with Gasteiger partial charge in [0, 0.05) is 28.9 Å². The van der Waals surface area contributed by atoms with E-state index in [-0.39, 0.29) is 17.6 Å². The highest BCUT2D eigenvalue weighted by Gasteiger charge is 2.32. The summed E-state index contributed by atoms with van der Waals surface area (Å²) in [5.74, 6) is -0.634. The van der Waals surface area contributed by atoms with Crippen molar-refractivity contribution in [1.29, 1.82) is 0 Å². The number of fused-ring (bicyclic) bond motifs is 1. The van der Waals surface area contributed by atoms with Crippen molar-refractivity contribution >= 4 is 23.2 Å². The highest BCUT2D eigenvalue weighted by molar-refractivity contribution is 6.05. The zero-order chi connectivity index (χ0) is 18.2. The first-order chi connectivity index (χ1) is 11.8. The molecule has 0 aliphatic carbocycles. The van der Waals surface area contributed by atoms with Gasteiger partial charge < -0.3 is 10.2 Å². The van der Waals surface area contributed by atoms with E-state index in [1.54, 1.807) is 4.90 Å². The number of nitrogens with zero attached hydrogens (tertiary/aromatic N) is 1. The Morgan fingerprint density at radius 1 is 1.08 bits per heavy atom. The van der Waals surface area contributed by atoms with Gasteiger partial charge in [0.05, 0.1) is 0 Å². The molecule has 0 saturated carbocycles. The lowest BCUT2D eigenvalue weighted by molar-refractivity contribution is -0.125. The topological polar surface area (TPSA) is 49.4 Å². The summed E-state index contributed by atoms with van der Waals surface area (Å²) in [7, 11) is 0. The first kappa shape index (κ1) is 17.1. The van der Waals surface area contributed by atoms with Crippen molar-refractivity contribution in [3.05, 3.63) is 59.4 Å². The molecule has 4 nitrogen and oxygen atoms in total. The summed E-state index contributed by atoms with van der Waals surface area (Å²) in [5.41, 5.74) is 2.47. The number of carbonyl (C=O) groups excluding carboxylic acids is 2. The average molecular weight is 340 g/mol. The Morgan fingerprint density at radius 3 is 2.40 bits per heavy atom. The molecule has 0 radical (unpaired) electrons. The molecule has 0 spiro atoms. The SMILES string of the molecule is CC(C)(C)C(=O)N1CCc2ccc(NC(=O)c3ccc(F)cc3)cc21. The minimum atomic E-state index is -0.463. The first-order valence-electron chi connectivity index (χ1n) is 8.27. The summed E-state index contributed by atoms with van der Waals surface area (Å²) in [6.45, 7) is 6.34. The maximum atomic E-state index is 13.0. The Hall–Kier alpha value is -2.69. The lowest BCUT2D eigenvalue weighted by atomic mass is 9.94. The zero-order valence-corrected chi connectivity index (χ0v) is 14.6. The van der Waals surface area contributed by atoms with Gasteiger partial charge in [-0.1, -0.05) is 26.8 Å². The number of hydrogen-bond donors (Lipinski definition) is 1. The number of nitrogens with one attached hydrogen (secondary N) is 1. The van der Waals surface area contributed by atoms with E-state index >= 15 is 0 Å². The van der Waals surface area contributed by atoms with Crippen LogP contribution in [-0.4, -0.2) is 18.4 Å². The van der Waals surface area contributed by atoms with Crippen molar-refractivity contribution in [1.82, 2.24) is 0 Å². The fourth-order valence-electron chi connectivity index (χ4n) is 2.88. The summed E-state index contributed by atoms with van der Waals surface area (Å²) in [5, 5.41) is 2.81. The predicted molar refractivity (Wildman–Crippen MR) is 96.3 cm³/mol. The monoisotopic (exact) mass is 340 g/mol. The van der Waals surface area contributed by atoms with Gasteiger partial charge in [-0.05, 0) is 48.4 Å². The van der Waals surface area contributed by atoms with Gasteiger partial charge >= 0.3 is 0 Å². The Bertz CT molecular complexity index is 823. The molecule has 2 aromatic carbocycles. The largest absolute Gasteiger partial charge is 0.322 e. The van der Waals surface area contributed by atoms with Crippen LogP contribution in [0, 0.1) is 11.2 Å². The number of benzene rings is 2. The van der Waals surface area contributed by atoms with E-state index in [1.807, 2.05) is 39.0 Å². The fourth-order valence-corrected chi connectivity index (χ4v) is 2.88. The lowest BCUT2D eigenvalue weighted by Crippen LogP contribution is -2.38. The van der Waals surface area contributed by atoms with E-state index in [4.69, 9.17) is 0 Å². The molecule has 0 unspecified atom stereocenters. The minimum Gasteiger partial charge on any atom is -0.322 e. The molecule has 0 saturated heterocycles. The highest BCUT2D eigenvalue weighted by Crippen LogP contribution is 2.34. The molecule has 25 heavy (non-hydrogen) atoms. The Balaban J connectivity index is 1.82. The molecule has 0 fully saturated rings. The number of hydrogen-bond acceptors (Lipinski definition) is 2. The van der Waals surface area contributed by atoms with Gasteiger partial charge in [-0.3, -0.25) is 9.59 Å². The van der Waals surface area contributed by atoms with Crippen LogP contribution in [0.3, 0.4) is 0 Å². The molecule has 1 aliphatic rings. The molecule has 130 valence electrons. The van der Waals surface area contributed by atoms with Gasteiger partial charge in [-0.15, -0.1) is 0 Å². The predicted octanol–water partition coefficient (Wildman–Crippen LogP) is 4.01. The molecule has 2 amide bonds. The van der Waals surface area contributed by atoms with Gasteiger partial charge in [-0.25, -0.2) is 4.39 Å². The molecule has 5 heteroatoms. The van der Waals surface area contributed by atoms with E-state index in [2.05, 4.69) is 5.32 Å². The fraction of sp³-hybridized carbons (Fsp3) is 0.300. The maximum absolute atomic E-state index is 13.0. The molecular weight excluding hydrogens is 319 g/mol. The molecule has 0 aromatic heterocycles. The second kappa shape index (κ2) is 6.31. The second-order valence-electron chi connectivity index (χ2n) is 7.26. The Kier molecular flexibility index (Phi) is 4.33. The van der Waals surface area contributed by atoms with Crippen LogP contribution in [0.25, 0.3) is 0 Å². The molecule has 2 aromatic rings. The van der Waals surface area contributed by atoms with Crippen LogP contribution < -0.4 is 10.2 Å². The number of carbonyl (C=O) groups is 2. The summed E-state index contributed by atoms with van der Waals surface area (Å²) in [6, 6.07) is 11.0. The summed E-state index contributed by atoms with van der Waals surface area (Å²) in [6.07, 6.45) is 0.809. The third-order valence-corrected chi connectivity index (χ3v) is 4.23. The minimum absolute atomic E-state index is 0.0632. The Labute approximate surface area is 146 Å². The van der Waals surface area contributed by atoms with Gasteiger partial charge in [0.2, 0.25) is 5.91 Å². The number of halogens is 1. The van der Waals surface area contributed by atoms with Gasteiger partial charge in [0.1, 0.15) is 5.82 Å². The molecule has 3 rings (SSSR count). The lowest BCUT2D eigenvalue weighted by Gasteiger charge is -2.26. The van der Waals surface area contributed by atoms with Crippen molar-refractivity contribution in [2.45, 2.75) is 27.2 Å². The van der Waals surface area contributed by atoms with Crippen LogP contribution in [-0.2, 0) is 11.2 Å². The number of anilines is 2. The highest BCUT2D eigenvalue weighted by atomic mass is 19.1. The zero-order valence-electron chi connectivity index (χ0n) is 14.6. The average Bonchev–Trinajstić information content (AvgIpc) is 2.96. The molecule has 0 bridgehead atoms. The third-order valence-electron chi connectivity index (χ3n) is 4.23. The van der Waals surface area contributed by atoms with E-state index in [9.17, 15) is 14.0 Å². The van der Waals surface area contributed by atoms with E-state index in [0.717, 1.165) is 17.7 Å².